The van der Waals surface area contributed by atoms with Gasteiger partial charge < -0.3 is 41.9 Å². The predicted molar refractivity (Wildman–Crippen MR) is 293 cm³/mol. The highest BCUT2D eigenvalue weighted by molar-refractivity contribution is 5.57. The molecule has 0 spiro atoms. The highest BCUT2D eigenvalue weighted by Gasteiger charge is 2.27. The van der Waals surface area contributed by atoms with Crippen LogP contribution in [0.2, 0.25) is 0 Å². The molecule has 8 N–H and O–H groups in total. The van der Waals surface area contributed by atoms with E-state index in [4.69, 9.17) is 41.9 Å². The van der Waals surface area contributed by atoms with E-state index in [2.05, 4.69) is 145 Å². The Labute approximate surface area is 420 Å². The molecule has 0 aliphatic rings. The van der Waals surface area contributed by atoms with Crippen molar-refractivity contribution < 1.29 is 18.9 Å². The van der Waals surface area contributed by atoms with Crippen LogP contribution in [0.25, 0.3) is 0 Å². The molecule has 0 aliphatic heterocycles. The maximum absolute atomic E-state index is 7.09. The van der Waals surface area contributed by atoms with Gasteiger partial charge >= 0.3 is 0 Å². The minimum Gasteiger partial charge on any atom is -0.493 e. The predicted octanol–water partition coefficient (Wildman–Crippen LogP) is 12.7. The van der Waals surface area contributed by atoms with Gasteiger partial charge in [-0.1, -0.05) is 139 Å². The standard InChI is InChI=1S/C61H96N4O4/c1-14-43-36-51(59(5,6)7)39-46(55(43)67-30-20-16-26-63)34-47-40-53(61(11,12)13)42-49(57(47)69-32-22-18-28-65)35-48-41-52(60(8,9)10)38-45(56(48)68-31-21-17-27-64)33-44-37-50(58(2,3)4)23-24-54(44)66-29-19-15-25-62/h23-24,36-42H,14-22,25-35,62-65H2,1-13H3. The van der Waals surface area contributed by atoms with E-state index in [1.165, 1.54) is 33.4 Å². The van der Waals surface area contributed by atoms with Gasteiger partial charge in [0.05, 0.1) is 26.4 Å². The molecule has 0 unspecified atom stereocenters. The molecule has 4 aromatic rings. The number of aryl methyl sites for hydroxylation is 1. The largest absolute Gasteiger partial charge is 0.493 e. The van der Waals surface area contributed by atoms with Crippen molar-refractivity contribution in [3.63, 3.8) is 0 Å². The van der Waals surface area contributed by atoms with Gasteiger partial charge in [-0.05, 0) is 173 Å². The highest BCUT2D eigenvalue weighted by Crippen LogP contribution is 2.42. The number of hydrogen-bond donors (Lipinski definition) is 4. The lowest BCUT2D eigenvalue weighted by molar-refractivity contribution is 0.297. The van der Waals surface area contributed by atoms with Crippen molar-refractivity contribution >= 4 is 0 Å². The second-order valence-electron chi connectivity index (χ2n) is 23.5. The number of hydrogen-bond acceptors (Lipinski definition) is 8. The van der Waals surface area contributed by atoms with E-state index in [0.29, 0.717) is 71.9 Å². The second-order valence-corrected chi connectivity index (χ2v) is 23.5. The third-order valence-electron chi connectivity index (χ3n) is 13.2. The van der Waals surface area contributed by atoms with E-state index >= 15 is 0 Å². The number of nitrogens with two attached hydrogens (primary N) is 4. The molecule has 0 saturated heterocycles. The Morgan fingerprint density at radius 2 is 0.609 bits per heavy atom. The van der Waals surface area contributed by atoms with Gasteiger partial charge in [0, 0.05) is 19.3 Å². The maximum atomic E-state index is 7.09. The molecule has 0 aromatic heterocycles. The summed E-state index contributed by atoms with van der Waals surface area (Å²) in [6.45, 7) is 34.8. The van der Waals surface area contributed by atoms with Crippen LogP contribution in [0, 0.1) is 0 Å². The van der Waals surface area contributed by atoms with Crippen LogP contribution in [0.3, 0.4) is 0 Å². The summed E-state index contributed by atoms with van der Waals surface area (Å²) in [5.74, 6) is 3.78. The quantitative estimate of drug-likeness (QED) is 0.0433. The zero-order chi connectivity index (χ0) is 51.0. The molecule has 8 heteroatoms. The van der Waals surface area contributed by atoms with E-state index < -0.39 is 0 Å². The molecular formula is C61H96N4O4. The number of unbranched alkanes of at least 4 members (excludes halogenated alkanes) is 4. The zero-order valence-electron chi connectivity index (χ0n) is 45.8. The van der Waals surface area contributed by atoms with Crippen molar-refractivity contribution in [3.8, 4) is 23.0 Å². The van der Waals surface area contributed by atoms with Crippen LogP contribution in [-0.4, -0.2) is 52.6 Å². The lowest BCUT2D eigenvalue weighted by Crippen LogP contribution is -2.17. The van der Waals surface area contributed by atoms with E-state index in [0.717, 1.165) is 109 Å². The molecule has 0 saturated carbocycles. The van der Waals surface area contributed by atoms with Crippen LogP contribution < -0.4 is 41.9 Å². The smallest absolute Gasteiger partial charge is 0.126 e. The molecule has 0 aliphatic carbocycles. The SMILES string of the molecule is CCc1cc(C(C)(C)C)cc(Cc2cc(C(C)(C)C)cc(Cc3cc(C(C)(C)C)cc(Cc4cc(C(C)(C)C)ccc4OCCCCN)c3OCCCCN)c2OCCCCN)c1OCCCCN. The van der Waals surface area contributed by atoms with E-state index in [1.54, 1.807) is 0 Å². The average molecular weight is 949 g/mol. The molecule has 0 fully saturated rings. The lowest BCUT2D eigenvalue weighted by atomic mass is 9.80. The lowest BCUT2D eigenvalue weighted by Gasteiger charge is -2.28. The van der Waals surface area contributed by atoms with Gasteiger partial charge in [-0.25, -0.2) is 0 Å². The second kappa shape index (κ2) is 26.4. The Balaban J connectivity index is 2.06. The molecule has 0 bridgehead atoms. The third kappa shape index (κ3) is 17.3. The summed E-state index contributed by atoms with van der Waals surface area (Å²) >= 11 is 0. The fourth-order valence-corrected chi connectivity index (χ4v) is 8.67. The highest BCUT2D eigenvalue weighted by atomic mass is 16.5. The van der Waals surface area contributed by atoms with E-state index in [9.17, 15) is 0 Å². The number of rotatable bonds is 27. The van der Waals surface area contributed by atoms with Gasteiger partial charge in [0.1, 0.15) is 23.0 Å². The van der Waals surface area contributed by atoms with Crippen molar-refractivity contribution in [2.45, 2.75) is 189 Å². The molecule has 0 atom stereocenters. The molecule has 4 rings (SSSR count). The van der Waals surface area contributed by atoms with Crippen LogP contribution in [0.4, 0.5) is 0 Å². The summed E-state index contributed by atoms with van der Waals surface area (Å²) in [6.07, 6.45) is 10.0. The Kier molecular flexibility index (Phi) is 22.0. The van der Waals surface area contributed by atoms with Gasteiger partial charge in [-0.2, -0.15) is 0 Å². The Bertz CT molecular complexity index is 2200. The van der Waals surface area contributed by atoms with Crippen LogP contribution >= 0.6 is 0 Å². The van der Waals surface area contributed by atoms with Gasteiger partial charge in [-0.3, -0.25) is 0 Å². The minimum absolute atomic E-state index is 0.0350. The van der Waals surface area contributed by atoms with Crippen molar-refractivity contribution in [1.82, 2.24) is 0 Å². The third-order valence-corrected chi connectivity index (χ3v) is 13.2. The van der Waals surface area contributed by atoms with Gasteiger partial charge in [0.25, 0.3) is 0 Å². The van der Waals surface area contributed by atoms with Crippen LogP contribution in [-0.2, 0) is 47.3 Å². The first kappa shape index (κ1) is 57.5. The molecule has 0 radical (unpaired) electrons. The number of benzene rings is 4. The first-order valence-electron chi connectivity index (χ1n) is 26.5. The Morgan fingerprint density at radius 1 is 0.333 bits per heavy atom. The summed E-state index contributed by atoms with van der Waals surface area (Å²) in [7, 11) is 0. The first-order valence-corrected chi connectivity index (χ1v) is 26.5. The zero-order valence-corrected chi connectivity index (χ0v) is 45.8. The normalized spacial score (nSPS) is 12.4. The molecule has 0 amide bonds. The molecule has 4 aromatic carbocycles. The van der Waals surface area contributed by atoms with E-state index in [1.807, 2.05) is 0 Å². The summed E-state index contributed by atoms with van der Waals surface area (Å²) < 4.78 is 27.5. The summed E-state index contributed by atoms with van der Waals surface area (Å²) in [5.41, 5.74) is 36.9. The van der Waals surface area contributed by atoms with Crippen molar-refractivity contribution in [1.29, 1.82) is 0 Å². The van der Waals surface area contributed by atoms with Crippen LogP contribution in [0.1, 0.15) is 203 Å². The minimum atomic E-state index is -0.135. The van der Waals surface area contributed by atoms with Crippen LogP contribution in [0.15, 0.2) is 54.6 Å². The molecule has 8 nitrogen and oxygen atoms in total. The van der Waals surface area contributed by atoms with Gasteiger partial charge in [-0.15, -0.1) is 0 Å². The van der Waals surface area contributed by atoms with Crippen LogP contribution in [0.5, 0.6) is 23.0 Å². The fraction of sp³-hybridized carbons (Fsp3) is 0.607. The van der Waals surface area contributed by atoms with Crippen molar-refractivity contribution in [2.24, 2.45) is 22.9 Å². The molecule has 384 valence electrons. The summed E-state index contributed by atoms with van der Waals surface area (Å²) in [4.78, 5) is 0. The summed E-state index contributed by atoms with van der Waals surface area (Å²) in [5, 5.41) is 0. The van der Waals surface area contributed by atoms with Gasteiger partial charge in [0.2, 0.25) is 0 Å². The van der Waals surface area contributed by atoms with E-state index in [-0.39, 0.29) is 21.7 Å². The Morgan fingerprint density at radius 3 is 0.913 bits per heavy atom. The van der Waals surface area contributed by atoms with Gasteiger partial charge in [0.15, 0.2) is 0 Å². The van der Waals surface area contributed by atoms with Crippen molar-refractivity contribution in [2.75, 3.05) is 52.6 Å². The monoisotopic (exact) mass is 949 g/mol. The number of ether oxygens (including phenoxy) is 4. The van der Waals surface area contributed by atoms with Crippen molar-refractivity contribution in [3.05, 3.63) is 116 Å². The Hall–Kier alpha value is -4.08. The first-order chi connectivity index (χ1) is 32.5. The molecule has 69 heavy (non-hydrogen) atoms. The fourth-order valence-electron chi connectivity index (χ4n) is 8.67. The topological polar surface area (TPSA) is 141 Å². The molecule has 0 heterocycles. The average Bonchev–Trinajstić information content (AvgIpc) is 3.27. The molecular weight excluding hydrogens is 853 g/mol. The maximum Gasteiger partial charge on any atom is 0.126 e. The summed E-state index contributed by atoms with van der Waals surface area (Å²) in [6, 6.07) is 21.0.